The summed E-state index contributed by atoms with van der Waals surface area (Å²) in [5.41, 5.74) is -0.843. The van der Waals surface area contributed by atoms with Crippen LogP contribution in [0.3, 0.4) is 0 Å². The minimum atomic E-state index is -5.06. The molecule has 0 atom stereocenters. The van der Waals surface area contributed by atoms with E-state index in [0.717, 1.165) is 6.07 Å². The number of hydrogen-bond acceptors (Lipinski definition) is 0. The Kier molecular flexibility index (Phi) is 5.93. The normalized spacial score (nSPS) is 10.8. The van der Waals surface area contributed by atoms with Crippen LogP contribution in [0.4, 0.5) is 12.9 Å². The zero-order chi connectivity index (χ0) is 9.35. The molecule has 1 aromatic carbocycles. The van der Waals surface area contributed by atoms with Gasteiger partial charge in [-0.3, -0.25) is 0 Å². The molecule has 0 aliphatic carbocycles. The Bertz CT molecular complexity index is 302. The first-order chi connectivity index (χ1) is 5.43. The van der Waals surface area contributed by atoms with Crippen LogP contribution in [0.5, 0.6) is 0 Å². The zero-order valence-corrected chi connectivity index (χ0v) is 11.3. The molecule has 0 aliphatic heterocycles. The first-order valence-corrected chi connectivity index (χ1v) is 3.82. The van der Waals surface area contributed by atoms with Gasteiger partial charge in [-0.15, -0.1) is 0 Å². The summed E-state index contributed by atoms with van der Waals surface area (Å²) < 4.78 is 36.4. The molecule has 0 saturated heterocycles. The van der Waals surface area contributed by atoms with Gasteiger partial charge in [0.25, 0.3) is 0 Å². The molecule has 0 unspecified atom stereocenters. The molecule has 0 amide bonds. The third-order valence-electron chi connectivity index (χ3n) is 1.33. The van der Waals surface area contributed by atoms with Crippen LogP contribution in [0.25, 0.3) is 0 Å². The molecule has 0 nitrogen and oxygen atoms in total. The van der Waals surface area contributed by atoms with Crippen LogP contribution >= 0.6 is 23.2 Å². The van der Waals surface area contributed by atoms with E-state index in [1.807, 2.05) is 0 Å². The van der Waals surface area contributed by atoms with Crippen LogP contribution in [0, 0.1) is 0 Å². The minimum absolute atomic E-state index is 0. The molecule has 0 bridgehead atoms. The van der Waals surface area contributed by atoms with E-state index in [4.69, 9.17) is 23.2 Å². The summed E-state index contributed by atoms with van der Waals surface area (Å²) in [4.78, 5) is 0. The third kappa shape index (κ3) is 3.74. The summed E-state index contributed by atoms with van der Waals surface area (Å²) in [6, 6.07) is 3.45. The number of halogens is 5. The van der Waals surface area contributed by atoms with Gasteiger partial charge in [0.1, 0.15) is 0 Å². The molecule has 0 radical (unpaired) electrons. The SMILES string of the molecule is F[B-](F)(F)c1cccc(Cl)c1Cl.[K+]. The maximum absolute atomic E-state index is 12.1. The van der Waals surface area contributed by atoms with Gasteiger partial charge in [0.15, 0.2) is 0 Å². The monoisotopic (exact) mass is 252 g/mol. The van der Waals surface area contributed by atoms with Gasteiger partial charge in [-0.1, -0.05) is 40.8 Å². The first-order valence-electron chi connectivity index (χ1n) is 3.07. The summed E-state index contributed by atoms with van der Waals surface area (Å²) >= 11 is 10.7. The van der Waals surface area contributed by atoms with Crippen molar-refractivity contribution in [1.29, 1.82) is 0 Å². The fraction of sp³-hybridized carbons (Fsp3) is 0. The molecule has 0 spiro atoms. The molecule has 0 fully saturated rings. The van der Waals surface area contributed by atoms with Crippen molar-refractivity contribution in [1.82, 2.24) is 0 Å². The second kappa shape index (κ2) is 5.40. The van der Waals surface area contributed by atoms with Gasteiger partial charge in [0.05, 0.1) is 5.02 Å². The molecule has 0 heterocycles. The quantitative estimate of drug-likeness (QED) is 0.620. The Balaban J connectivity index is 0.00000144. The standard InChI is InChI=1S/C6H3BCl2F3.K/c8-5-3-1-2-4(6(5)9)7(10,11)12;/h1-3H;/q-1;+1. The predicted molar refractivity (Wildman–Crippen MR) is 45.2 cm³/mol. The summed E-state index contributed by atoms with van der Waals surface area (Å²) in [5, 5.41) is -0.500. The van der Waals surface area contributed by atoms with Crippen molar-refractivity contribution in [3.05, 3.63) is 28.2 Å². The maximum atomic E-state index is 12.1. The molecular weight excluding hydrogens is 250 g/mol. The predicted octanol–water partition coefficient (Wildman–Crippen LogP) is 0.0518. The van der Waals surface area contributed by atoms with Gasteiger partial charge in [-0.05, 0) is 6.07 Å². The molecule has 0 N–H and O–H groups in total. The Morgan fingerprint density at radius 1 is 1.08 bits per heavy atom. The minimum Gasteiger partial charge on any atom is -0.445 e. The van der Waals surface area contributed by atoms with Gasteiger partial charge in [-0.25, -0.2) is 0 Å². The molecular formula is C6H3BCl2F3K. The summed E-state index contributed by atoms with van der Waals surface area (Å²) in [6.07, 6.45) is 0. The average molecular weight is 253 g/mol. The smallest absolute Gasteiger partial charge is 0.445 e. The van der Waals surface area contributed by atoms with E-state index in [-0.39, 0.29) is 56.4 Å². The largest absolute Gasteiger partial charge is 1.00 e. The van der Waals surface area contributed by atoms with Gasteiger partial charge in [0, 0.05) is 5.02 Å². The van der Waals surface area contributed by atoms with E-state index in [2.05, 4.69) is 0 Å². The van der Waals surface area contributed by atoms with Crippen molar-refractivity contribution in [2.24, 2.45) is 0 Å². The number of rotatable bonds is 1. The Hall–Kier alpha value is 1.29. The van der Waals surface area contributed by atoms with Crippen LogP contribution < -0.4 is 56.8 Å². The fourth-order valence-electron chi connectivity index (χ4n) is 0.773. The van der Waals surface area contributed by atoms with E-state index in [9.17, 15) is 12.9 Å². The molecule has 13 heavy (non-hydrogen) atoms. The molecule has 0 saturated carbocycles. The van der Waals surface area contributed by atoms with E-state index in [0.29, 0.717) is 0 Å². The molecule has 1 rings (SSSR count). The second-order valence-corrected chi connectivity index (χ2v) is 3.00. The molecule has 0 aliphatic rings. The van der Waals surface area contributed by atoms with E-state index in [1.165, 1.54) is 12.1 Å². The van der Waals surface area contributed by atoms with Crippen molar-refractivity contribution in [3.8, 4) is 0 Å². The van der Waals surface area contributed by atoms with Crippen molar-refractivity contribution in [3.63, 3.8) is 0 Å². The van der Waals surface area contributed by atoms with Crippen molar-refractivity contribution >= 4 is 35.6 Å². The Labute approximate surface area is 126 Å². The number of hydrogen-bond donors (Lipinski definition) is 0. The van der Waals surface area contributed by atoms with Gasteiger partial charge >= 0.3 is 58.4 Å². The van der Waals surface area contributed by atoms with Gasteiger partial charge in [0.2, 0.25) is 0 Å². The van der Waals surface area contributed by atoms with Crippen LogP contribution in [0.2, 0.25) is 10.0 Å². The molecule has 7 heteroatoms. The van der Waals surface area contributed by atoms with Gasteiger partial charge in [-0.2, -0.15) is 0 Å². The van der Waals surface area contributed by atoms with E-state index < -0.39 is 17.5 Å². The summed E-state index contributed by atoms with van der Waals surface area (Å²) in [6.45, 7) is -5.06. The van der Waals surface area contributed by atoms with Crippen LogP contribution in [-0.2, 0) is 0 Å². The third-order valence-corrected chi connectivity index (χ3v) is 2.17. The van der Waals surface area contributed by atoms with Crippen molar-refractivity contribution < 1.29 is 64.3 Å². The first kappa shape index (κ1) is 14.3. The van der Waals surface area contributed by atoms with Crippen molar-refractivity contribution in [2.45, 2.75) is 0 Å². The van der Waals surface area contributed by atoms with E-state index >= 15 is 0 Å². The molecule has 66 valence electrons. The van der Waals surface area contributed by atoms with Gasteiger partial charge < -0.3 is 12.9 Å². The van der Waals surface area contributed by atoms with Crippen LogP contribution in [-0.4, -0.2) is 6.98 Å². The fourth-order valence-corrected chi connectivity index (χ4v) is 1.20. The number of benzene rings is 1. The zero-order valence-electron chi connectivity index (χ0n) is 6.70. The molecule has 0 aromatic heterocycles. The summed E-state index contributed by atoms with van der Waals surface area (Å²) in [7, 11) is 0. The average Bonchev–Trinajstić information content (AvgIpc) is 1.92. The molecule has 1 aromatic rings. The van der Waals surface area contributed by atoms with Crippen LogP contribution in [0.15, 0.2) is 18.2 Å². The Morgan fingerprint density at radius 2 is 1.62 bits per heavy atom. The van der Waals surface area contributed by atoms with Crippen molar-refractivity contribution in [2.75, 3.05) is 0 Å². The summed E-state index contributed by atoms with van der Waals surface area (Å²) in [5.74, 6) is 0. The Morgan fingerprint density at radius 3 is 2.00 bits per heavy atom. The maximum Gasteiger partial charge on any atom is 1.00 e. The van der Waals surface area contributed by atoms with Crippen LogP contribution in [0.1, 0.15) is 0 Å². The van der Waals surface area contributed by atoms with E-state index in [1.54, 1.807) is 0 Å². The second-order valence-electron chi connectivity index (χ2n) is 2.22. The topological polar surface area (TPSA) is 0 Å².